The summed E-state index contributed by atoms with van der Waals surface area (Å²) in [7, 11) is 3.46. The molecule has 1 unspecified atom stereocenters. The molecule has 2 amide bonds. The lowest BCUT2D eigenvalue weighted by Crippen LogP contribution is -2.31. The van der Waals surface area contributed by atoms with Gasteiger partial charge in [-0.1, -0.05) is 11.6 Å². The van der Waals surface area contributed by atoms with Crippen LogP contribution < -0.4 is 10.6 Å². The Labute approximate surface area is 185 Å². The van der Waals surface area contributed by atoms with Crippen molar-refractivity contribution in [2.45, 2.75) is 12.5 Å². The zero-order chi connectivity index (χ0) is 22.4. The number of nitrogens with zero attached hydrogens (tertiary/aromatic N) is 5. The van der Waals surface area contributed by atoms with E-state index >= 15 is 0 Å². The summed E-state index contributed by atoms with van der Waals surface area (Å²) in [5.41, 5.74) is 1.01. The Morgan fingerprint density at radius 3 is 2.55 bits per heavy atom. The first kappa shape index (κ1) is 22.1. The number of nitrogens with one attached hydrogen (secondary N) is 2. The predicted octanol–water partition coefficient (Wildman–Crippen LogP) is 2.36. The second kappa shape index (κ2) is 9.91. The van der Waals surface area contributed by atoms with E-state index in [0.717, 1.165) is 6.42 Å². The molecule has 31 heavy (non-hydrogen) atoms. The van der Waals surface area contributed by atoms with Gasteiger partial charge in [0.1, 0.15) is 11.6 Å². The molecule has 0 bridgehead atoms. The van der Waals surface area contributed by atoms with Gasteiger partial charge in [0.2, 0.25) is 5.95 Å². The van der Waals surface area contributed by atoms with Crippen molar-refractivity contribution >= 4 is 35.1 Å². The number of hydrogen-bond donors (Lipinski definition) is 2. The van der Waals surface area contributed by atoms with E-state index in [1.807, 2.05) is 6.07 Å². The molecule has 0 radical (unpaired) electrons. The molecule has 1 aliphatic rings. The topological polar surface area (TPSA) is 114 Å². The summed E-state index contributed by atoms with van der Waals surface area (Å²) in [4.78, 5) is 36.6. The van der Waals surface area contributed by atoms with Gasteiger partial charge in [0.25, 0.3) is 11.8 Å². The van der Waals surface area contributed by atoms with E-state index in [1.54, 1.807) is 48.2 Å². The van der Waals surface area contributed by atoms with Gasteiger partial charge in [0, 0.05) is 50.7 Å². The van der Waals surface area contributed by atoms with Crippen LogP contribution in [0.15, 0.2) is 48.4 Å². The summed E-state index contributed by atoms with van der Waals surface area (Å²) in [6.45, 7) is 1.15. The van der Waals surface area contributed by atoms with Crippen molar-refractivity contribution in [2.24, 2.45) is 0 Å². The monoisotopic (exact) mass is 439 g/mol. The van der Waals surface area contributed by atoms with Gasteiger partial charge in [-0.25, -0.2) is 9.97 Å². The fraction of sp³-hybridized carbons (Fsp3) is 0.286. The van der Waals surface area contributed by atoms with Gasteiger partial charge < -0.3 is 20.4 Å². The number of benzene rings is 1. The highest BCUT2D eigenvalue weighted by atomic mass is 35.5. The van der Waals surface area contributed by atoms with Crippen molar-refractivity contribution in [1.29, 1.82) is 5.26 Å². The molecule has 1 aromatic carbocycles. The number of halogens is 1. The molecular weight excluding hydrogens is 418 g/mol. The van der Waals surface area contributed by atoms with Crippen LogP contribution in [0.25, 0.3) is 0 Å². The van der Waals surface area contributed by atoms with Crippen LogP contribution in [-0.2, 0) is 4.79 Å². The molecule has 2 aromatic rings. The molecule has 2 heterocycles. The summed E-state index contributed by atoms with van der Waals surface area (Å²) >= 11 is 5.79. The maximum Gasteiger partial charge on any atom is 0.267 e. The molecule has 0 saturated carbocycles. The quantitative estimate of drug-likeness (QED) is 0.524. The summed E-state index contributed by atoms with van der Waals surface area (Å²) in [5, 5.41) is 15.4. The Hall–Kier alpha value is -3.64. The molecule has 0 aliphatic carbocycles. The van der Waals surface area contributed by atoms with Crippen LogP contribution in [0.1, 0.15) is 16.8 Å². The second-order valence-electron chi connectivity index (χ2n) is 7.26. The minimum Gasteiger partial charge on any atom is -0.382 e. The van der Waals surface area contributed by atoms with Crippen molar-refractivity contribution in [3.05, 3.63) is 59.0 Å². The summed E-state index contributed by atoms with van der Waals surface area (Å²) in [5.74, 6) is -0.124. The SMILES string of the molecule is CN(C)C=C(C#N)C(=O)Nc1ccc(C(=O)N2CCC(Nc3ncc(Cl)cn3)C2)cc1. The van der Waals surface area contributed by atoms with E-state index in [0.29, 0.717) is 35.3 Å². The standard InChI is InChI=1S/C21H22ClN7O2/c1-28(2)12-15(9-23)19(30)26-17-5-3-14(4-6-17)20(31)29-8-7-18(13-29)27-21-24-10-16(22)11-25-21/h3-6,10-12,18H,7-8,13H2,1-2H3,(H,26,30)(H,24,25,27). The lowest BCUT2D eigenvalue weighted by molar-refractivity contribution is -0.112. The molecule has 1 aliphatic heterocycles. The largest absolute Gasteiger partial charge is 0.382 e. The Morgan fingerprint density at radius 2 is 1.94 bits per heavy atom. The van der Waals surface area contributed by atoms with E-state index < -0.39 is 5.91 Å². The van der Waals surface area contributed by atoms with Crippen LogP contribution in [0.5, 0.6) is 0 Å². The number of likely N-dealkylation sites (tertiary alicyclic amines) is 1. The third-order valence-corrected chi connectivity index (χ3v) is 4.77. The number of carbonyl (C=O) groups excluding carboxylic acids is 2. The van der Waals surface area contributed by atoms with Gasteiger partial charge in [-0.3, -0.25) is 9.59 Å². The minimum atomic E-state index is -0.506. The van der Waals surface area contributed by atoms with E-state index in [9.17, 15) is 9.59 Å². The molecular formula is C21H22ClN7O2. The zero-order valence-corrected chi connectivity index (χ0v) is 17.9. The van der Waals surface area contributed by atoms with Crippen LogP contribution >= 0.6 is 11.6 Å². The van der Waals surface area contributed by atoms with Crippen molar-refractivity contribution in [1.82, 2.24) is 19.8 Å². The number of nitriles is 1. The first-order valence-electron chi connectivity index (χ1n) is 9.59. The molecule has 1 fully saturated rings. The first-order valence-corrected chi connectivity index (χ1v) is 9.96. The number of anilines is 2. The van der Waals surface area contributed by atoms with Crippen LogP contribution in [0.3, 0.4) is 0 Å². The summed E-state index contributed by atoms with van der Waals surface area (Å²) in [6.07, 6.45) is 5.26. The molecule has 3 rings (SSSR count). The van der Waals surface area contributed by atoms with Crippen LogP contribution in [0.4, 0.5) is 11.6 Å². The first-order chi connectivity index (χ1) is 14.9. The van der Waals surface area contributed by atoms with Gasteiger partial charge in [0.05, 0.1) is 17.4 Å². The fourth-order valence-corrected chi connectivity index (χ4v) is 3.20. The van der Waals surface area contributed by atoms with E-state index in [1.165, 1.54) is 18.6 Å². The third-order valence-electron chi connectivity index (χ3n) is 4.57. The lowest BCUT2D eigenvalue weighted by Gasteiger charge is -2.17. The molecule has 10 heteroatoms. The number of aromatic nitrogens is 2. The Bertz CT molecular complexity index is 1010. The van der Waals surface area contributed by atoms with E-state index in [2.05, 4.69) is 20.6 Å². The van der Waals surface area contributed by atoms with E-state index in [4.69, 9.17) is 16.9 Å². The molecule has 9 nitrogen and oxygen atoms in total. The second-order valence-corrected chi connectivity index (χ2v) is 7.69. The smallest absolute Gasteiger partial charge is 0.267 e. The molecule has 160 valence electrons. The van der Waals surface area contributed by atoms with Crippen molar-refractivity contribution < 1.29 is 9.59 Å². The highest BCUT2D eigenvalue weighted by Crippen LogP contribution is 2.18. The average molecular weight is 440 g/mol. The fourth-order valence-electron chi connectivity index (χ4n) is 3.11. The maximum atomic E-state index is 12.8. The van der Waals surface area contributed by atoms with Crippen LogP contribution in [-0.4, -0.2) is 64.8 Å². The average Bonchev–Trinajstić information content (AvgIpc) is 3.22. The molecule has 1 atom stereocenters. The Morgan fingerprint density at radius 1 is 1.26 bits per heavy atom. The molecule has 1 saturated heterocycles. The summed E-state index contributed by atoms with van der Waals surface area (Å²) in [6, 6.07) is 8.52. The number of carbonyl (C=O) groups is 2. The zero-order valence-electron chi connectivity index (χ0n) is 17.2. The number of hydrogen-bond acceptors (Lipinski definition) is 7. The minimum absolute atomic E-state index is 0.00886. The molecule has 1 aromatic heterocycles. The van der Waals surface area contributed by atoms with Gasteiger partial charge in [0.15, 0.2) is 0 Å². The third kappa shape index (κ3) is 5.93. The number of amides is 2. The number of rotatable bonds is 6. The predicted molar refractivity (Wildman–Crippen MR) is 117 cm³/mol. The van der Waals surface area contributed by atoms with Gasteiger partial charge in [-0.05, 0) is 30.7 Å². The van der Waals surface area contributed by atoms with Crippen molar-refractivity contribution in [3.63, 3.8) is 0 Å². The molecule has 2 N–H and O–H groups in total. The van der Waals surface area contributed by atoms with Gasteiger partial charge >= 0.3 is 0 Å². The Balaban J connectivity index is 1.57. The normalized spacial score (nSPS) is 15.9. The Kier molecular flexibility index (Phi) is 7.05. The highest BCUT2D eigenvalue weighted by molar-refractivity contribution is 6.30. The summed E-state index contributed by atoms with van der Waals surface area (Å²) < 4.78 is 0. The lowest BCUT2D eigenvalue weighted by atomic mass is 10.1. The van der Waals surface area contributed by atoms with Crippen molar-refractivity contribution in [3.8, 4) is 6.07 Å². The van der Waals surface area contributed by atoms with Gasteiger partial charge in [-0.15, -0.1) is 0 Å². The van der Waals surface area contributed by atoms with Crippen molar-refractivity contribution in [2.75, 3.05) is 37.8 Å². The molecule has 0 spiro atoms. The highest BCUT2D eigenvalue weighted by Gasteiger charge is 2.27. The van der Waals surface area contributed by atoms with Crippen LogP contribution in [0, 0.1) is 11.3 Å². The van der Waals surface area contributed by atoms with Gasteiger partial charge in [-0.2, -0.15) is 5.26 Å². The maximum absolute atomic E-state index is 12.8. The van der Waals surface area contributed by atoms with Crippen LogP contribution in [0.2, 0.25) is 5.02 Å². The van der Waals surface area contributed by atoms with E-state index in [-0.39, 0.29) is 17.5 Å².